The van der Waals surface area contributed by atoms with Gasteiger partial charge in [-0.05, 0) is 54.8 Å². The van der Waals surface area contributed by atoms with Crippen molar-refractivity contribution in [2.24, 2.45) is 0 Å². The molecular weight excluding hydrogens is 408 g/mol. The molecule has 0 aliphatic carbocycles. The molecule has 3 rings (SSSR count). The predicted octanol–water partition coefficient (Wildman–Crippen LogP) is 5.63. The number of aliphatic hydroxyl groups excluding tert-OH is 1. The van der Waals surface area contributed by atoms with E-state index in [9.17, 15) is 31.4 Å². The van der Waals surface area contributed by atoms with Crippen molar-refractivity contribution in [1.29, 1.82) is 0 Å². The van der Waals surface area contributed by atoms with E-state index in [0.29, 0.717) is 30.6 Å². The minimum atomic E-state index is -4.46. The van der Waals surface area contributed by atoms with Gasteiger partial charge in [-0.1, -0.05) is 12.1 Å². The van der Waals surface area contributed by atoms with Crippen LogP contribution in [0.2, 0.25) is 0 Å². The van der Waals surface area contributed by atoms with Crippen molar-refractivity contribution in [2.75, 3.05) is 18.1 Å². The summed E-state index contributed by atoms with van der Waals surface area (Å²) >= 11 is 0. The van der Waals surface area contributed by atoms with E-state index in [1.54, 1.807) is 4.90 Å². The molecule has 1 aliphatic heterocycles. The van der Waals surface area contributed by atoms with E-state index in [-0.39, 0.29) is 19.0 Å². The lowest BCUT2D eigenvalue weighted by Gasteiger charge is -2.39. The second-order valence-electron chi connectivity index (χ2n) is 6.56. The molecule has 1 saturated heterocycles. The Bertz CT molecular complexity index is 788. The fraction of sp³-hybridized carbons (Fsp3) is 0.368. The molecule has 28 heavy (non-hydrogen) atoms. The van der Waals surface area contributed by atoms with Gasteiger partial charge in [0.15, 0.2) is 0 Å². The maximum Gasteiger partial charge on any atom is 0.416 e. The second kappa shape index (κ2) is 7.83. The van der Waals surface area contributed by atoms with E-state index in [0.717, 1.165) is 24.3 Å². The third kappa shape index (κ3) is 4.07. The first kappa shape index (κ1) is 22.4. The van der Waals surface area contributed by atoms with E-state index in [1.807, 2.05) is 0 Å². The normalized spacial score (nSPS) is 20.2. The van der Waals surface area contributed by atoms with Crippen LogP contribution in [0.1, 0.15) is 29.5 Å². The van der Waals surface area contributed by atoms with Crippen LogP contribution in [-0.2, 0) is 17.9 Å². The molecule has 154 valence electrons. The van der Waals surface area contributed by atoms with E-state index >= 15 is 0 Å². The Labute approximate surface area is 164 Å². The Morgan fingerprint density at radius 2 is 1.29 bits per heavy atom. The molecule has 2 nitrogen and oxygen atoms in total. The molecule has 1 N–H and O–H groups in total. The van der Waals surface area contributed by atoms with Gasteiger partial charge < -0.3 is 10.0 Å². The summed E-state index contributed by atoms with van der Waals surface area (Å²) in [5.74, 6) is 0. The molecule has 0 bridgehead atoms. The van der Waals surface area contributed by atoms with Crippen molar-refractivity contribution in [3.63, 3.8) is 0 Å². The Kier molecular flexibility index (Phi) is 6.25. The zero-order valence-corrected chi connectivity index (χ0v) is 15.3. The third-order valence-corrected chi connectivity index (χ3v) is 5.01. The van der Waals surface area contributed by atoms with Gasteiger partial charge in [-0.15, -0.1) is 12.4 Å². The molecule has 0 amide bonds. The maximum atomic E-state index is 12.8. The van der Waals surface area contributed by atoms with Crippen LogP contribution in [0.5, 0.6) is 0 Å². The summed E-state index contributed by atoms with van der Waals surface area (Å²) in [5.41, 5.74) is -1.57. The summed E-state index contributed by atoms with van der Waals surface area (Å²) < 4.78 is 76.7. The van der Waals surface area contributed by atoms with Crippen molar-refractivity contribution >= 4 is 18.1 Å². The molecular formula is C19H18ClF6NO. The zero-order valence-electron chi connectivity index (χ0n) is 14.5. The first-order valence-electron chi connectivity index (χ1n) is 8.31. The molecule has 1 heterocycles. The molecule has 2 aromatic rings. The van der Waals surface area contributed by atoms with E-state index in [4.69, 9.17) is 0 Å². The minimum Gasteiger partial charge on any atom is -0.394 e. The molecule has 0 radical (unpaired) electrons. The average Bonchev–Trinajstić information content (AvgIpc) is 3.05. The van der Waals surface area contributed by atoms with Crippen molar-refractivity contribution in [2.45, 2.75) is 30.7 Å². The number of alkyl halides is 6. The molecule has 0 spiro atoms. The highest BCUT2D eigenvalue weighted by Gasteiger charge is 2.43. The third-order valence-electron chi connectivity index (χ3n) is 5.01. The number of hydrogen-bond donors (Lipinski definition) is 1. The van der Waals surface area contributed by atoms with Gasteiger partial charge in [-0.3, -0.25) is 0 Å². The monoisotopic (exact) mass is 425 g/mol. The summed E-state index contributed by atoms with van der Waals surface area (Å²) in [6, 6.07) is 9.12. The van der Waals surface area contributed by atoms with Gasteiger partial charge in [-0.2, -0.15) is 26.3 Å². The van der Waals surface area contributed by atoms with Crippen molar-refractivity contribution < 1.29 is 31.4 Å². The summed E-state index contributed by atoms with van der Waals surface area (Å²) in [4.78, 5) is 1.76. The first-order valence-corrected chi connectivity index (χ1v) is 8.31. The van der Waals surface area contributed by atoms with Gasteiger partial charge >= 0.3 is 12.4 Å². The Morgan fingerprint density at radius 1 is 0.821 bits per heavy atom. The predicted molar refractivity (Wildman–Crippen MR) is 95.5 cm³/mol. The highest BCUT2D eigenvalue weighted by atomic mass is 35.5. The van der Waals surface area contributed by atoms with Crippen molar-refractivity contribution in [3.05, 3.63) is 65.2 Å². The molecule has 0 saturated carbocycles. The Morgan fingerprint density at radius 3 is 1.71 bits per heavy atom. The van der Waals surface area contributed by atoms with E-state index < -0.39 is 29.0 Å². The van der Waals surface area contributed by atoms with E-state index in [2.05, 4.69) is 0 Å². The van der Waals surface area contributed by atoms with Crippen molar-refractivity contribution in [1.82, 2.24) is 0 Å². The van der Waals surface area contributed by atoms with Crippen LogP contribution in [0.4, 0.5) is 32.0 Å². The van der Waals surface area contributed by atoms with Gasteiger partial charge in [-0.25, -0.2) is 0 Å². The quantitative estimate of drug-likeness (QED) is 0.644. The van der Waals surface area contributed by atoms with Crippen LogP contribution in [0.25, 0.3) is 0 Å². The number of aliphatic hydroxyl groups is 1. The van der Waals surface area contributed by atoms with Gasteiger partial charge in [0.1, 0.15) is 0 Å². The van der Waals surface area contributed by atoms with Gasteiger partial charge in [0.05, 0.1) is 23.3 Å². The topological polar surface area (TPSA) is 23.5 Å². The lowest BCUT2D eigenvalue weighted by Crippen LogP contribution is -2.44. The molecule has 0 unspecified atom stereocenters. The first-order chi connectivity index (χ1) is 12.6. The van der Waals surface area contributed by atoms with Gasteiger partial charge in [0.25, 0.3) is 0 Å². The smallest absolute Gasteiger partial charge is 0.394 e. The number of nitrogens with zero attached hydrogens (tertiary/aromatic N) is 1. The number of hydrogen-bond acceptors (Lipinski definition) is 2. The lowest BCUT2D eigenvalue weighted by molar-refractivity contribution is -0.138. The number of halogens is 7. The van der Waals surface area contributed by atoms with Crippen LogP contribution >= 0.6 is 12.4 Å². The molecule has 1 aliphatic rings. The fourth-order valence-electron chi connectivity index (χ4n) is 3.61. The van der Waals surface area contributed by atoms with Gasteiger partial charge in [0.2, 0.25) is 0 Å². The SMILES string of the molecule is Cl.OC[C@@]1(c2ccc(C(F)(F)F)cc2)CCCN1c1ccc(C(F)(F)F)cc1. The largest absolute Gasteiger partial charge is 0.416 e. The number of benzene rings is 2. The van der Waals surface area contributed by atoms with Crippen LogP contribution in [0.15, 0.2) is 48.5 Å². The lowest BCUT2D eigenvalue weighted by atomic mass is 9.87. The summed E-state index contributed by atoms with van der Waals surface area (Å²) in [6.07, 6.45) is -7.78. The molecule has 9 heteroatoms. The Hall–Kier alpha value is -1.93. The van der Waals surface area contributed by atoms with Crippen LogP contribution in [-0.4, -0.2) is 18.3 Å². The van der Waals surface area contributed by atoms with Crippen LogP contribution < -0.4 is 4.90 Å². The molecule has 1 fully saturated rings. The average molecular weight is 426 g/mol. The summed E-state index contributed by atoms with van der Waals surface area (Å²) in [7, 11) is 0. The van der Waals surface area contributed by atoms with E-state index in [1.165, 1.54) is 24.3 Å². The number of anilines is 1. The highest BCUT2D eigenvalue weighted by Crippen LogP contribution is 2.43. The van der Waals surface area contributed by atoms with Crippen LogP contribution in [0, 0.1) is 0 Å². The van der Waals surface area contributed by atoms with Crippen LogP contribution in [0.3, 0.4) is 0 Å². The fourth-order valence-corrected chi connectivity index (χ4v) is 3.61. The summed E-state index contributed by atoms with van der Waals surface area (Å²) in [5, 5.41) is 10.1. The highest BCUT2D eigenvalue weighted by molar-refractivity contribution is 5.85. The Balaban J connectivity index is 0.00000280. The van der Waals surface area contributed by atoms with Gasteiger partial charge in [0, 0.05) is 12.2 Å². The number of rotatable bonds is 3. The molecule has 0 aromatic heterocycles. The molecule has 2 aromatic carbocycles. The molecule has 1 atom stereocenters. The standard InChI is InChI=1S/C19H17F6NO.ClH/c20-18(21,22)14-4-2-13(3-5-14)17(12-27)10-1-11-26(17)16-8-6-15(7-9-16)19(23,24)25;/h2-9,27H,1,10-12H2;1H/t17-;/m1./s1. The summed E-state index contributed by atoms with van der Waals surface area (Å²) in [6.45, 7) is 0.117. The van der Waals surface area contributed by atoms with Crippen molar-refractivity contribution in [3.8, 4) is 0 Å². The zero-order chi connectivity index (χ0) is 19.9. The second-order valence-corrected chi connectivity index (χ2v) is 6.56. The minimum absolute atomic E-state index is 0. The maximum absolute atomic E-state index is 12.8.